The maximum Gasteiger partial charge on any atom is 0.255 e. The van der Waals surface area contributed by atoms with E-state index in [0.29, 0.717) is 11.3 Å². The van der Waals surface area contributed by atoms with Gasteiger partial charge in [0.15, 0.2) is 0 Å². The molecule has 0 bridgehead atoms. The molecule has 3 rings (SSSR count). The second-order valence-electron chi connectivity index (χ2n) is 6.99. The predicted octanol–water partition coefficient (Wildman–Crippen LogP) is 3.92. The van der Waals surface area contributed by atoms with E-state index in [-0.39, 0.29) is 29.0 Å². The van der Waals surface area contributed by atoms with Crippen molar-refractivity contribution in [2.75, 3.05) is 5.75 Å². The summed E-state index contributed by atoms with van der Waals surface area (Å²) in [5, 5.41) is 2.57. The second-order valence-corrected chi connectivity index (χ2v) is 8.11. The number of rotatable bonds is 4. The molecule has 0 aliphatic carbocycles. The molecule has 6 heteroatoms. The molecule has 1 aliphatic heterocycles. The minimum atomic E-state index is -0.568. The Morgan fingerprint density at radius 3 is 2.33 bits per heavy atom. The molecule has 2 aromatic carbocycles. The van der Waals surface area contributed by atoms with Gasteiger partial charge in [-0.15, -0.1) is 11.8 Å². The van der Waals surface area contributed by atoms with E-state index in [1.807, 2.05) is 32.9 Å². The molecule has 1 aliphatic rings. The third kappa shape index (κ3) is 4.33. The molecule has 142 valence electrons. The molecule has 0 radical (unpaired) electrons. The van der Waals surface area contributed by atoms with Crippen molar-refractivity contribution in [1.29, 1.82) is 0 Å². The van der Waals surface area contributed by atoms with E-state index in [2.05, 4.69) is 5.32 Å². The quantitative estimate of drug-likeness (QED) is 0.867. The number of hydrogen-bond acceptors (Lipinski definition) is 3. The van der Waals surface area contributed by atoms with Crippen LogP contribution in [0.5, 0.6) is 0 Å². The summed E-state index contributed by atoms with van der Waals surface area (Å²) in [7, 11) is 0. The van der Waals surface area contributed by atoms with Crippen LogP contribution in [0.1, 0.15) is 40.7 Å². The Morgan fingerprint density at radius 2 is 1.74 bits per heavy atom. The van der Waals surface area contributed by atoms with E-state index >= 15 is 0 Å². The van der Waals surface area contributed by atoms with E-state index in [0.717, 1.165) is 11.1 Å². The van der Waals surface area contributed by atoms with Crippen molar-refractivity contribution in [2.45, 2.75) is 38.2 Å². The Morgan fingerprint density at radius 1 is 1.11 bits per heavy atom. The second kappa shape index (κ2) is 8.13. The predicted molar refractivity (Wildman–Crippen MR) is 106 cm³/mol. The first-order chi connectivity index (χ1) is 12.9. The van der Waals surface area contributed by atoms with Gasteiger partial charge < -0.3 is 10.2 Å². The van der Waals surface area contributed by atoms with Gasteiger partial charge in [-0.1, -0.05) is 29.8 Å². The lowest BCUT2D eigenvalue weighted by Gasteiger charge is -2.29. The van der Waals surface area contributed by atoms with Gasteiger partial charge in [0.2, 0.25) is 5.91 Å². The average Bonchev–Trinajstić information content (AvgIpc) is 3.07. The van der Waals surface area contributed by atoms with Crippen molar-refractivity contribution in [3.63, 3.8) is 0 Å². The fraction of sp³-hybridized carbons (Fsp3) is 0.333. The monoisotopic (exact) mass is 386 g/mol. The summed E-state index contributed by atoms with van der Waals surface area (Å²) < 4.78 is 13.3. The first-order valence-electron chi connectivity index (χ1n) is 8.93. The smallest absolute Gasteiger partial charge is 0.255 e. The number of aryl methyl sites for hydroxylation is 1. The molecule has 0 spiro atoms. The highest BCUT2D eigenvalue weighted by Crippen LogP contribution is 2.42. The summed E-state index contributed by atoms with van der Waals surface area (Å²) in [6.45, 7) is 5.74. The summed E-state index contributed by atoms with van der Waals surface area (Å²) in [6, 6.07) is 12.8. The minimum Gasteiger partial charge on any atom is -0.352 e. The van der Waals surface area contributed by atoms with Gasteiger partial charge in [0, 0.05) is 17.4 Å². The van der Waals surface area contributed by atoms with Crippen molar-refractivity contribution < 1.29 is 14.0 Å². The minimum absolute atomic E-state index is 0.0105. The number of carbonyl (C=O) groups is 2. The van der Waals surface area contributed by atoms with E-state index in [9.17, 15) is 14.0 Å². The first kappa shape index (κ1) is 19.4. The van der Waals surface area contributed by atoms with Crippen molar-refractivity contribution in [1.82, 2.24) is 10.2 Å². The van der Waals surface area contributed by atoms with Gasteiger partial charge in [-0.3, -0.25) is 9.59 Å². The number of carbonyl (C=O) groups excluding carboxylic acids is 2. The SMILES string of the molecule is Cc1ccc(C(=O)N2[C@H](C(=O)NC(C)C)CS[C@H]2c2ccc(F)cc2)cc1. The molecule has 2 aromatic rings. The van der Waals surface area contributed by atoms with Crippen molar-refractivity contribution in [3.05, 3.63) is 71.0 Å². The lowest BCUT2D eigenvalue weighted by atomic mass is 10.1. The van der Waals surface area contributed by atoms with E-state index in [4.69, 9.17) is 0 Å². The van der Waals surface area contributed by atoms with Crippen LogP contribution in [-0.4, -0.2) is 34.6 Å². The summed E-state index contributed by atoms with van der Waals surface area (Å²) in [5.74, 6) is -0.189. The molecular weight excluding hydrogens is 363 g/mol. The first-order valence-corrected chi connectivity index (χ1v) is 9.98. The Kier molecular flexibility index (Phi) is 5.85. The van der Waals surface area contributed by atoms with E-state index in [1.54, 1.807) is 29.2 Å². The zero-order valence-corrected chi connectivity index (χ0v) is 16.4. The van der Waals surface area contributed by atoms with Gasteiger partial charge in [-0.2, -0.15) is 0 Å². The number of hydrogen-bond donors (Lipinski definition) is 1. The van der Waals surface area contributed by atoms with Gasteiger partial charge in [-0.25, -0.2) is 4.39 Å². The lowest BCUT2D eigenvalue weighted by molar-refractivity contribution is -0.125. The Balaban J connectivity index is 1.95. The standard InChI is InChI=1S/C21H23FN2O2S/c1-13(2)23-19(25)18-12-27-21(16-8-10-17(22)11-9-16)24(18)20(26)15-6-4-14(3)5-7-15/h4-11,13,18,21H,12H2,1-3H3,(H,23,25)/t18-,21-/m0/s1. The molecule has 4 nitrogen and oxygen atoms in total. The molecule has 1 saturated heterocycles. The number of thioether (sulfide) groups is 1. The molecule has 0 aromatic heterocycles. The summed E-state index contributed by atoms with van der Waals surface area (Å²) in [6.07, 6.45) is 0. The van der Waals surface area contributed by atoms with Gasteiger partial charge >= 0.3 is 0 Å². The largest absolute Gasteiger partial charge is 0.352 e. The maximum absolute atomic E-state index is 13.3. The third-order valence-corrected chi connectivity index (χ3v) is 5.75. The van der Waals surface area contributed by atoms with Gasteiger partial charge in [0.25, 0.3) is 5.91 Å². The van der Waals surface area contributed by atoms with Gasteiger partial charge in [0.1, 0.15) is 17.2 Å². The normalized spacial score (nSPS) is 19.4. The van der Waals surface area contributed by atoms with Crippen molar-refractivity contribution in [2.24, 2.45) is 0 Å². The maximum atomic E-state index is 13.3. The van der Waals surface area contributed by atoms with Crippen LogP contribution in [-0.2, 0) is 4.79 Å². The molecule has 1 heterocycles. The van der Waals surface area contributed by atoms with E-state index < -0.39 is 6.04 Å². The Labute approximate surface area is 163 Å². The summed E-state index contributed by atoms with van der Waals surface area (Å²) >= 11 is 1.52. The average molecular weight is 386 g/mol. The van der Waals surface area contributed by atoms with Crippen LogP contribution in [0.15, 0.2) is 48.5 Å². The Bertz CT molecular complexity index is 821. The van der Waals surface area contributed by atoms with Crippen LogP contribution < -0.4 is 5.32 Å². The van der Waals surface area contributed by atoms with Crippen LogP contribution in [0.3, 0.4) is 0 Å². The molecule has 1 fully saturated rings. The number of nitrogens with zero attached hydrogens (tertiary/aromatic N) is 1. The highest BCUT2D eigenvalue weighted by atomic mass is 32.2. The van der Waals surface area contributed by atoms with Crippen LogP contribution >= 0.6 is 11.8 Å². The van der Waals surface area contributed by atoms with Crippen molar-refractivity contribution in [3.8, 4) is 0 Å². The zero-order chi connectivity index (χ0) is 19.6. The fourth-order valence-corrected chi connectivity index (χ4v) is 4.50. The molecule has 27 heavy (non-hydrogen) atoms. The van der Waals surface area contributed by atoms with Crippen LogP contribution in [0.25, 0.3) is 0 Å². The van der Waals surface area contributed by atoms with E-state index in [1.165, 1.54) is 23.9 Å². The highest BCUT2D eigenvalue weighted by molar-refractivity contribution is 7.99. The van der Waals surface area contributed by atoms with Gasteiger partial charge in [0.05, 0.1) is 0 Å². The highest BCUT2D eigenvalue weighted by Gasteiger charge is 2.42. The number of benzene rings is 2. The third-order valence-electron chi connectivity index (χ3n) is 4.42. The fourth-order valence-electron chi connectivity index (χ4n) is 3.07. The zero-order valence-electron chi connectivity index (χ0n) is 15.6. The van der Waals surface area contributed by atoms with Crippen LogP contribution in [0.2, 0.25) is 0 Å². The molecule has 1 N–H and O–H groups in total. The molecule has 2 amide bonds. The van der Waals surface area contributed by atoms with Gasteiger partial charge in [-0.05, 0) is 50.6 Å². The molecular formula is C21H23FN2O2S. The number of nitrogens with one attached hydrogen (secondary N) is 1. The Hall–Kier alpha value is -2.34. The topological polar surface area (TPSA) is 49.4 Å². The van der Waals surface area contributed by atoms with Crippen LogP contribution in [0, 0.1) is 12.7 Å². The summed E-state index contributed by atoms with van der Waals surface area (Å²) in [4.78, 5) is 27.6. The molecule has 2 atom stereocenters. The lowest BCUT2D eigenvalue weighted by Crippen LogP contribution is -2.49. The summed E-state index contributed by atoms with van der Waals surface area (Å²) in [5.41, 5.74) is 2.41. The van der Waals surface area contributed by atoms with Crippen LogP contribution in [0.4, 0.5) is 4.39 Å². The molecule has 0 saturated carbocycles. The number of halogens is 1. The van der Waals surface area contributed by atoms with Crippen molar-refractivity contribution >= 4 is 23.6 Å². The molecule has 0 unspecified atom stereocenters. The number of amides is 2.